The molecule has 4 nitrogen and oxygen atoms in total. The quantitative estimate of drug-likeness (QED) is 0.869. The lowest BCUT2D eigenvalue weighted by molar-refractivity contribution is -0.274. The lowest BCUT2D eigenvalue weighted by atomic mass is 9.95. The van der Waals surface area contributed by atoms with Crippen LogP contribution in [0.5, 0.6) is 5.75 Å². The Kier molecular flexibility index (Phi) is 4.77. The second-order valence-corrected chi connectivity index (χ2v) is 4.14. The number of hydrogen-bond acceptors (Lipinski definition) is 3. The molecular weight excluding hydrogens is 265 g/mol. The van der Waals surface area contributed by atoms with E-state index >= 15 is 0 Å². The number of benzene rings is 1. The second-order valence-electron chi connectivity index (χ2n) is 4.14. The van der Waals surface area contributed by atoms with Gasteiger partial charge in [0.15, 0.2) is 0 Å². The first kappa shape index (κ1) is 15.3. The molecule has 2 N–H and O–H groups in total. The van der Waals surface area contributed by atoms with Crippen molar-refractivity contribution in [2.75, 3.05) is 0 Å². The number of halogens is 3. The maximum atomic E-state index is 11.9. The number of alkyl halides is 3. The van der Waals surface area contributed by atoms with Gasteiger partial charge in [-0.15, -0.1) is 13.2 Å². The average molecular weight is 278 g/mol. The predicted octanol–water partition coefficient (Wildman–Crippen LogP) is 2.73. The van der Waals surface area contributed by atoms with Crippen molar-refractivity contribution in [1.82, 2.24) is 0 Å². The summed E-state index contributed by atoms with van der Waals surface area (Å²) in [6, 6.07) is 4.67. The molecule has 1 rings (SSSR count). The number of ether oxygens (including phenoxy) is 1. The van der Waals surface area contributed by atoms with Crippen molar-refractivity contribution in [1.29, 1.82) is 0 Å². The molecule has 106 valence electrons. The number of rotatable bonds is 5. The fourth-order valence-corrected chi connectivity index (χ4v) is 1.58. The minimum Gasteiger partial charge on any atom is -0.481 e. The van der Waals surface area contributed by atoms with Gasteiger partial charge in [-0.3, -0.25) is 4.79 Å². The minimum atomic E-state index is -4.77. The number of aliphatic hydroxyl groups is 1. The van der Waals surface area contributed by atoms with Crippen LogP contribution in [0.15, 0.2) is 24.3 Å². The second kappa shape index (κ2) is 5.92. The molecule has 0 aliphatic rings. The Morgan fingerprint density at radius 2 is 1.84 bits per heavy atom. The molecule has 0 aliphatic carbocycles. The van der Waals surface area contributed by atoms with Crippen LogP contribution in [-0.2, 0) is 4.79 Å². The normalized spacial score (nSPS) is 14.8. The van der Waals surface area contributed by atoms with Gasteiger partial charge in [0.1, 0.15) is 5.75 Å². The highest BCUT2D eigenvalue weighted by atomic mass is 19.4. The zero-order chi connectivity index (χ0) is 14.6. The first-order valence-corrected chi connectivity index (χ1v) is 5.44. The van der Waals surface area contributed by atoms with E-state index in [1.54, 1.807) is 6.92 Å². The van der Waals surface area contributed by atoms with Crippen LogP contribution in [0.4, 0.5) is 13.2 Å². The van der Waals surface area contributed by atoms with E-state index in [0.717, 1.165) is 12.1 Å². The van der Waals surface area contributed by atoms with Gasteiger partial charge in [-0.05, 0) is 23.6 Å². The third kappa shape index (κ3) is 5.17. The maximum Gasteiger partial charge on any atom is 0.573 e. The molecule has 0 bridgehead atoms. The van der Waals surface area contributed by atoms with E-state index in [4.69, 9.17) is 5.11 Å². The highest BCUT2D eigenvalue weighted by Crippen LogP contribution is 2.28. The van der Waals surface area contributed by atoms with Gasteiger partial charge in [-0.25, -0.2) is 0 Å². The number of aliphatic hydroxyl groups excluding tert-OH is 1. The number of carboxylic acid groups (broad SMARTS) is 1. The summed E-state index contributed by atoms with van der Waals surface area (Å²) in [7, 11) is 0. The van der Waals surface area contributed by atoms with Crippen molar-refractivity contribution in [3.05, 3.63) is 29.8 Å². The number of hydrogen-bond donors (Lipinski definition) is 2. The number of carbonyl (C=O) groups is 1. The van der Waals surface area contributed by atoms with Crippen molar-refractivity contribution >= 4 is 5.97 Å². The summed E-state index contributed by atoms with van der Waals surface area (Å²) in [5.41, 5.74) is 0.336. The molecule has 1 aromatic carbocycles. The molecule has 0 aliphatic heterocycles. The molecule has 7 heteroatoms. The summed E-state index contributed by atoms with van der Waals surface area (Å²) >= 11 is 0. The Bertz CT molecular complexity index is 428. The molecule has 2 atom stereocenters. The first-order chi connectivity index (χ1) is 8.69. The molecule has 1 aromatic rings. The van der Waals surface area contributed by atoms with Crippen molar-refractivity contribution in [2.24, 2.45) is 5.92 Å². The minimum absolute atomic E-state index is 0.234. The van der Waals surface area contributed by atoms with E-state index in [2.05, 4.69) is 4.74 Å². The SMILES string of the molecule is CC(CC(=O)O)C(O)c1ccc(OC(F)(F)F)cc1. The summed E-state index contributed by atoms with van der Waals surface area (Å²) in [6.45, 7) is 1.54. The molecule has 0 heterocycles. The van der Waals surface area contributed by atoms with Gasteiger partial charge in [0, 0.05) is 0 Å². The molecule has 19 heavy (non-hydrogen) atoms. The van der Waals surface area contributed by atoms with Crippen molar-refractivity contribution < 1.29 is 32.9 Å². The van der Waals surface area contributed by atoms with Crippen LogP contribution < -0.4 is 4.74 Å². The Hall–Kier alpha value is -1.76. The monoisotopic (exact) mass is 278 g/mol. The maximum absolute atomic E-state index is 11.9. The van der Waals surface area contributed by atoms with Crippen LogP contribution in [0.2, 0.25) is 0 Å². The largest absolute Gasteiger partial charge is 0.573 e. The highest BCUT2D eigenvalue weighted by molar-refractivity contribution is 5.67. The molecule has 0 fully saturated rings. The predicted molar refractivity (Wildman–Crippen MR) is 59.5 cm³/mol. The Morgan fingerprint density at radius 3 is 2.26 bits per heavy atom. The van der Waals surface area contributed by atoms with Crippen LogP contribution in [0, 0.1) is 5.92 Å². The third-order valence-electron chi connectivity index (χ3n) is 2.49. The van der Waals surface area contributed by atoms with Crippen LogP contribution >= 0.6 is 0 Å². The summed E-state index contributed by atoms with van der Waals surface area (Å²) in [4.78, 5) is 10.5. The van der Waals surface area contributed by atoms with E-state index < -0.39 is 30.1 Å². The number of carboxylic acids is 1. The standard InChI is InChI=1S/C12H13F3O4/c1-7(6-10(16)17)11(18)8-2-4-9(5-3-8)19-12(13,14)15/h2-5,7,11,18H,6H2,1H3,(H,16,17). The van der Waals surface area contributed by atoms with E-state index in [1.165, 1.54) is 12.1 Å². The van der Waals surface area contributed by atoms with E-state index in [9.17, 15) is 23.1 Å². The molecular formula is C12H13F3O4. The zero-order valence-corrected chi connectivity index (χ0v) is 10.0. The molecule has 0 aromatic heterocycles. The summed E-state index contributed by atoms with van der Waals surface area (Å²) < 4.78 is 39.5. The molecule has 0 saturated carbocycles. The van der Waals surface area contributed by atoms with E-state index in [-0.39, 0.29) is 6.42 Å². The third-order valence-corrected chi connectivity index (χ3v) is 2.49. The summed E-state index contributed by atoms with van der Waals surface area (Å²) in [6.07, 6.45) is -6.06. The topological polar surface area (TPSA) is 66.8 Å². The van der Waals surface area contributed by atoms with Gasteiger partial charge in [-0.1, -0.05) is 19.1 Å². The zero-order valence-electron chi connectivity index (χ0n) is 10.0. The molecule has 2 unspecified atom stereocenters. The van der Waals surface area contributed by atoms with Crippen LogP contribution in [-0.4, -0.2) is 22.5 Å². The smallest absolute Gasteiger partial charge is 0.481 e. The Labute approximate surface area is 107 Å². The van der Waals surface area contributed by atoms with Crippen molar-refractivity contribution in [2.45, 2.75) is 25.8 Å². The molecule has 0 saturated heterocycles. The molecule has 0 spiro atoms. The lowest BCUT2D eigenvalue weighted by Crippen LogP contribution is -2.17. The van der Waals surface area contributed by atoms with Crippen molar-refractivity contribution in [3.63, 3.8) is 0 Å². The fourth-order valence-electron chi connectivity index (χ4n) is 1.58. The van der Waals surface area contributed by atoms with E-state index in [0.29, 0.717) is 5.56 Å². The fraction of sp³-hybridized carbons (Fsp3) is 0.417. The Morgan fingerprint density at radius 1 is 1.32 bits per heavy atom. The van der Waals surface area contributed by atoms with E-state index in [1.807, 2.05) is 0 Å². The van der Waals surface area contributed by atoms with Crippen LogP contribution in [0.3, 0.4) is 0 Å². The lowest BCUT2D eigenvalue weighted by Gasteiger charge is -2.18. The van der Waals surface area contributed by atoms with Crippen molar-refractivity contribution in [3.8, 4) is 5.75 Å². The van der Waals surface area contributed by atoms with Crippen LogP contribution in [0.25, 0.3) is 0 Å². The van der Waals surface area contributed by atoms with Gasteiger partial charge in [0.05, 0.1) is 12.5 Å². The summed E-state index contributed by atoms with van der Waals surface area (Å²) in [5.74, 6) is -2.00. The average Bonchev–Trinajstić information content (AvgIpc) is 2.26. The van der Waals surface area contributed by atoms with Crippen LogP contribution in [0.1, 0.15) is 25.0 Å². The summed E-state index contributed by atoms with van der Waals surface area (Å²) in [5, 5.41) is 18.4. The first-order valence-electron chi connectivity index (χ1n) is 5.44. The van der Waals surface area contributed by atoms with Gasteiger partial charge < -0.3 is 14.9 Å². The molecule has 0 amide bonds. The van der Waals surface area contributed by atoms with Gasteiger partial charge in [0.25, 0.3) is 0 Å². The van der Waals surface area contributed by atoms with Gasteiger partial charge in [-0.2, -0.15) is 0 Å². The van der Waals surface area contributed by atoms with Gasteiger partial charge >= 0.3 is 12.3 Å². The number of aliphatic carboxylic acids is 1. The highest BCUT2D eigenvalue weighted by Gasteiger charge is 2.31. The van der Waals surface area contributed by atoms with Gasteiger partial charge in [0.2, 0.25) is 0 Å². The Balaban J connectivity index is 2.73. The molecule has 0 radical (unpaired) electrons.